The molecule has 2 aromatic rings. The monoisotopic (exact) mass is 245 g/mol. The molecule has 5 nitrogen and oxygen atoms in total. The molecule has 94 valence electrons. The van der Waals surface area contributed by atoms with E-state index < -0.39 is 0 Å². The molecule has 1 amide bonds. The van der Waals surface area contributed by atoms with Crippen molar-refractivity contribution in [1.82, 2.24) is 14.9 Å². The Morgan fingerprint density at radius 3 is 3.06 bits per heavy atom. The van der Waals surface area contributed by atoms with E-state index in [0.717, 1.165) is 31.3 Å². The summed E-state index contributed by atoms with van der Waals surface area (Å²) in [5, 5.41) is 0. The molecular formula is C13H15N3O2. The van der Waals surface area contributed by atoms with Gasteiger partial charge in [0.05, 0.1) is 0 Å². The Morgan fingerprint density at radius 1 is 1.39 bits per heavy atom. The van der Waals surface area contributed by atoms with Crippen LogP contribution in [0, 0.1) is 5.92 Å². The molecule has 1 aliphatic carbocycles. The third-order valence-corrected chi connectivity index (χ3v) is 3.36. The van der Waals surface area contributed by atoms with Crippen LogP contribution in [0.2, 0.25) is 0 Å². The van der Waals surface area contributed by atoms with Crippen molar-refractivity contribution < 1.29 is 9.63 Å². The Kier molecular flexibility index (Phi) is 2.88. The summed E-state index contributed by atoms with van der Waals surface area (Å²) >= 11 is 0. The minimum atomic E-state index is -0.0179. The third-order valence-electron chi connectivity index (χ3n) is 3.36. The summed E-state index contributed by atoms with van der Waals surface area (Å²) in [5.41, 5.74) is 3.32. The van der Waals surface area contributed by atoms with Crippen LogP contribution in [0.15, 0.2) is 30.7 Å². The summed E-state index contributed by atoms with van der Waals surface area (Å²) < 4.78 is 1.88. The maximum absolute atomic E-state index is 11.8. The number of carbonyl (C=O) groups is 1. The number of fused-ring (bicyclic) bond motifs is 1. The zero-order valence-electron chi connectivity index (χ0n) is 10.0. The van der Waals surface area contributed by atoms with Gasteiger partial charge in [-0.2, -0.15) is 5.48 Å². The van der Waals surface area contributed by atoms with Gasteiger partial charge in [-0.25, -0.2) is 4.98 Å². The number of aromatic nitrogens is 2. The lowest BCUT2D eigenvalue weighted by Gasteiger charge is -2.10. The predicted octanol–water partition coefficient (Wildman–Crippen LogP) is 1.93. The van der Waals surface area contributed by atoms with Crippen molar-refractivity contribution >= 4 is 11.6 Å². The Labute approximate surface area is 105 Å². The van der Waals surface area contributed by atoms with Crippen LogP contribution in [0.1, 0.15) is 25.7 Å². The second-order valence-electron chi connectivity index (χ2n) is 4.60. The molecule has 5 heteroatoms. The van der Waals surface area contributed by atoms with Crippen molar-refractivity contribution in [3.63, 3.8) is 0 Å². The highest BCUT2D eigenvalue weighted by Crippen LogP contribution is 2.24. The van der Waals surface area contributed by atoms with E-state index in [1.807, 2.05) is 16.8 Å². The van der Waals surface area contributed by atoms with Gasteiger partial charge in [-0.15, -0.1) is 0 Å². The number of nitrogens with zero attached hydrogens (tertiary/aromatic N) is 2. The number of nitrogens with one attached hydrogen (secondary N) is 1. The average Bonchev–Trinajstić information content (AvgIpc) is 3.05. The highest BCUT2D eigenvalue weighted by atomic mass is 16.7. The lowest BCUT2D eigenvalue weighted by atomic mass is 10.1. The summed E-state index contributed by atoms with van der Waals surface area (Å²) in [6.45, 7) is 0. The van der Waals surface area contributed by atoms with E-state index >= 15 is 0 Å². The summed E-state index contributed by atoms with van der Waals surface area (Å²) in [5.74, 6) is 0.691. The molecule has 0 radical (unpaired) electrons. The fourth-order valence-corrected chi connectivity index (χ4v) is 2.34. The first-order valence-electron chi connectivity index (χ1n) is 6.22. The summed E-state index contributed by atoms with van der Waals surface area (Å²) in [6, 6.07) is 3.58. The molecule has 1 N–H and O–H groups in total. The molecule has 1 saturated carbocycles. The SMILES string of the molecule is O=C(NOc1ccn2ccnc2c1)C1CCCC1. The highest BCUT2D eigenvalue weighted by Gasteiger charge is 2.22. The van der Waals surface area contributed by atoms with E-state index in [-0.39, 0.29) is 11.8 Å². The molecule has 2 heterocycles. The Bertz CT molecular complexity index is 558. The van der Waals surface area contributed by atoms with Crippen molar-refractivity contribution in [3.05, 3.63) is 30.7 Å². The average molecular weight is 245 g/mol. The van der Waals surface area contributed by atoms with Gasteiger partial charge in [0.1, 0.15) is 5.65 Å². The molecule has 0 bridgehead atoms. The van der Waals surface area contributed by atoms with Crippen molar-refractivity contribution in [3.8, 4) is 5.75 Å². The number of rotatable bonds is 3. The van der Waals surface area contributed by atoms with Gasteiger partial charge < -0.3 is 9.24 Å². The van der Waals surface area contributed by atoms with Crippen LogP contribution >= 0.6 is 0 Å². The number of carbonyl (C=O) groups excluding carboxylic acids is 1. The molecule has 2 aromatic heterocycles. The minimum absolute atomic E-state index is 0.0179. The molecular weight excluding hydrogens is 230 g/mol. The summed E-state index contributed by atoms with van der Waals surface area (Å²) in [7, 11) is 0. The smallest absolute Gasteiger partial charge is 0.255 e. The molecule has 1 aliphatic rings. The number of hydrogen-bond donors (Lipinski definition) is 1. The standard InChI is InChI=1S/C13H15N3O2/c17-13(10-3-1-2-4-10)15-18-11-5-7-16-8-6-14-12(16)9-11/h5-10H,1-4H2,(H,15,17). The first-order chi connectivity index (χ1) is 8.83. The second kappa shape index (κ2) is 4.68. The molecule has 18 heavy (non-hydrogen) atoms. The fraction of sp³-hybridized carbons (Fsp3) is 0.385. The van der Waals surface area contributed by atoms with Crippen molar-refractivity contribution in [2.24, 2.45) is 5.92 Å². The van der Waals surface area contributed by atoms with Gasteiger partial charge in [-0.05, 0) is 12.8 Å². The van der Waals surface area contributed by atoms with Crippen LogP contribution < -0.4 is 10.3 Å². The van der Waals surface area contributed by atoms with Gasteiger partial charge in [0.2, 0.25) is 0 Å². The molecule has 0 saturated heterocycles. The first-order valence-corrected chi connectivity index (χ1v) is 6.22. The fourth-order valence-electron chi connectivity index (χ4n) is 2.34. The summed E-state index contributed by atoms with van der Waals surface area (Å²) in [4.78, 5) is 21.2. The van der Waals surface area contributed by atoms with Crippen LogP contribution in [0.25, 0.3) is 5.65 Å². The molecule has 0 aliphatic heterocycles. The van der Waals surface area contributed by atoms with Gasteiger partial charge in [-0.3, -0.25) is 4.79 Å². The first kappa shape index (κ1) is 11.1. The van der Waals surface area contributed by atoms with Gasteiger partial charge in [0.15, 0.2) is 5.75 Å². The van der Waals surface area contributed by atoms with Gasteiger partial charge in [0.25, 0.3) is 5.91 Å². The van der Waals surface area contributed by atoms with E-state index in [2.05, 4.69) is 10.5 Å². The van der Waals surface area contributed by atoms with E-state index in [1.54, 1.807) is 18.3 Å². The Morgan fingerprint density at radius 2 is 2.22 bits per heavy atom. The normalized spacial score (nSPS) is 16.0. The van der Waals surface area contributed by atoms with Gasteiger partial charge >= 0.3 is 0 Å². The van der Waals surface area contributed by atoms with E-state index in [4.69, 9.17) is 4.84 Å². The summed E-state index contributed by atoms with van der Waals surface area (Å²) in [6.07, 6.45) is 9.63. The molecule has 0 aromatic carbocycles. The Hall–Kier alpha value is -2.04. The quantitative estimate of drug-likeness (QED) is 0.841. The number of pyridine rings is 1. The zero-order chi connectivity index (χ0) is 12.4. The minimum Gasteiger partial charge on any atom is -0.379 e. The predicted molar refractivity (Wildman–Crippen MR) is 65.9 cm³/mol. The molecule has 1 fully saturated rings. The van der Waals surface area contributed by atoms with E-state index in [9.17, 15) is 4.79 Å². The largest absolute Gasteiger partial charge is 0.379 e. The van der Waals surface area contributed by atoms with Crippen molar-refractivity contribution in [2.45, 2.75) is 25.7 Å². The molecule has 0 unspecified atom stereocenters. The second-order valence-corrected chi connectivity index (χ2v) is 4.60. The third kappa shape index (κ3) is 2.16. The highest BCUT2D eigenvalue weighted by molar-refractivity contribution is 5.78. The van der Waals surface area contributed by atoms with Crippen molar-refractivity contribution in [2.75, 3.05) is 0 Å². The van der Waals surface area contributed by atoms with Crippen LogP contribution in [-0.4, -0.2) is 15.3 Å². The Balaban J connectivity index is 1.63. The van der Waals surface area contributed by atoms with Gasteiger partial charge in [0, 0.05) is 36.6 Å². The molecule has 0 atom stereocenters. The zero-order valence-corrected chi connectivity index (χ0v) is 10.0. The van der Waals surface area contributed by atoms with E-state index in [1.165, 1.54) is 0 Å². The molecule has 0 spiro atoms. The van der Waals surface area contributed by atoms with Crippen LogP contribution in [0.5, 0.6) is 5.75 Å². The van der Waals surface area contributed by atoms with E-state index in [0.29, 0.717) is 5.75 Å². The number of hydroxylamine groups is 1. The number of imidazole rings is 1. The lowest BCUT2D eigenvalue weighted by Crippen LogP contribution is -2.32. The lowest BCUT2D eigenvalue weighted by molar-refractivity contribution is -0.131. The number of hydrogen-bond acceptors (Lipinski definition) is 3. The molecule has 3 rings (SSSR count). The maximum atomic E-state index is 11.8. The van der Waals surface area contributed by atoms with Crippen LogP contribution in [0.3, 0.4) is 0 Å². The van der Waals surface area contributed by atoms with Crippen LogP contribution in [-0.2, 0) is 4.79 Å². The topological polar surface area (TPSA) is 55.6 Å². The maximum Gasteiger partial charge on any atom is 0.255 e. The van der Waals surface area contributed by atoms with Crippen molar-refractivity contribution in [1.29, 1.82) is 0 Å². The van der Waals surface area contributed by atoms with Crippen LogP contribution in [0.4, 0.5) is 0 Å². The van der Waals surface area contributed by atoms with Gasteiger partial charge in [-0.1, -0.05) is 12.8 Å². The number of amides is 1.